The van der Waals surface area contributed by atoms with Crippen LogP contribution in [-0.2, 0) is 14.3 Å². The second-order valence-corrected chi connectivity index (χ2v) is 20.8. The topological polar surface area (TPSA) is 195 Å². The number of halogens is 2. The zero-order valence-corrected chi connectivity index (χ0v) is 42.5. The minimum atomic E-state index is -1.25. The highest BCUT2D eigenvalue weighted by Gasteiger charge is 2.41. The number of alkyl carbamates (subject to hydrolysis) is 1. The molecule has 4 saturated heterocycles. The van der Waals surface area contributed by atoms with Crippen LogP contribution in [0, 0.1) is 23.5 Å². The molecule has 4 aromatic carbocycles. The van der Waals surface area contributed by atoms with Crippen molar-refractivity contribution in [1.29, 1.82) is 0 Å². The van der Waals surface area contributed by atoms with Crippen LogP contribution in [0.25, 0.3) is 22.1 Å². The summed E-state index contributed by atoms with van der Waals surface area (Å²) in [6.45, 7) is 10.5. The zero-order chi connectivity index (χ0) is 51.9. The van der Waals surface area contributed by atoms with Crippen LogP contribution in [0.5, 0.6) is 0 Å². The molecule has 19 heteroatoms. The summed E-state index contributed by atoms with van der Waals surface area (Å²) >= 11 is 0. The predicted octanol–water partition coefficient (Wildman–Crippen LogP) is 9.13. The number of likely N-dealkylation sites (tertiary alicyclic amines) is 2. The Kier molecular flexibility index (Phi) is 14.1. The minimum absolute atomic E-state index is 0.0373. The van der Waals surface area contributed by atoms with Crippen molar-refractivity contribution in [2.75, 3.05) is 61.1 Å². The van der Waals surface area contributed by atoms with Crippen molar-refractivity contribution in [2.24, 2.45) is 11.8 Å². The van der Waals surface area contributed by atoms with Crippen LogP contribution >= 0.6 is 0 Å². The number of fused-ring (bicyclic) bond motifs is 2. The van der Waals surface area contributed by atoms with E-state index < -0.39 is 35.9 Å². The van der Waals surface area contributed by atoms with Gasteiger partial charge in [-0.1, -0.05) is 58.0 Å². The number of para-hydroxylation sites is 1. The molecule has 0 radical (unpaired) electrons. The number of anilines is 3. The fraction of sp³-hybridized carbons (Fsp3) is 0.455. The van der Waals surface area contributed by atoms with E-state index in [1.54, 1.807) is 14.7 Å². The van der Waals surface area contributed by atoms with E-state index in [9.17, 15) is 24.3 Å². The third kappa shape index (κ3) is 9.75. The summed E-state index contributed by atoms with van der Waals surface area (Å²) in [4.78, 5) is 78.2. The number of rotatable bonds is 13. The molecule has 4 aliphatic rings. The van der Waals surface area contributed by atoms with Crippen molar-refractivity contribution in [2.45, 2.75) is 102 Å². The maximum Gasteiger partial charge on any atom is 0.407 e. The van der Waals surface area contributed by atoms with E-state index in [-0.39, 0.29) is 53.5 Å². The Balaban J connectivity index is 0.968. The van der Waals surface area contributed by atoms with E-state index in [2.05, 4.69) is 30.4 Å². The smallest absolute Gasteiger partial charge is 0.407 e. The molecule has 5 N–H and O–H groups in total. The van der Waals surface area contributed by atoms with Gasteiger partial charge in [0.2, 0.25) is 11.8 Å². The fourth-order valence-corrected chi connectivity index (χ4v) is 11.8. The lowest BCUT2D eigenvalue weighted by atomic mass is 10.0. The molecule has 10 rings (SSSR count). The van der Waals surface area contributed by atoms with Crippen LogP contribution in [0.1, 0.15) is 113 Å². The second-order valence-electron chi connectivity index (χ2n) is 20.8. The van der Waals surface area contributed by atoms with Gasteiger partial charge < -0.3 is 54.9 Å². The van der Waals surface area contributed by atoms with Gasteiger partial charge in [-0.25, -0.2) is 28.3 Å². The van der Waals surface area contributed by atoms with Gasteiger partial charge >= 0.3 is 12.2 Å². The summed E-state index contributed by atoms with van der Waals surface area (Å²) < 4.78 is 38.4. The fourth-order valence-electron chi connectivity index (χ4n) is 11.8. The number of imidazole rings is 2. The molecule has 0 bridgehead atoms. The van der Waals surface area contributed by atoms with E-state index in [0.717, 1.165) is 40.7 Å². The molecule has 17 nitrogen and oxygen atoms in total. The Bertz CT molecular complexity index is 3020. The first-order valence-corrected chi connectivity index (χ1v) is 25.9. The van der Waals surface area contributed by atoms with Gasteiger partial charge in [0.15, 0.2) is 11.6 Å². The Morgan fingerprint density at radius 2 is 1.11 bits per heavy atom. The Hall–Kier alpha value is -7.44. The molecule has 6 heterocycles. The molecule has 390 valence electrons. The van der Waals surface area contributed by atoms with Gasteiger partial charge in [0.25, 0.3) is 0 Å². The summed E-state index contributed by atoms with van der Waals surface area (Å²) in [6, 6.07) is 21.9. The van der Waals surface area contributed by atoms with Gasteiger partial charge in [0.1, 0.15) is 29.4 Å². The molecule has 6 atom stereocenters. The highest BCUT2D eigenvalue weighted by molar-refractivity contribution is 5.87. The van der Waals surface area contributed by atoms with Crippen LogP contribution in [0.4, 0.5) is 35.4 Å². The van der Waals surface area contributed by atoms with E-state index in [4.69, 9.17) is 14.7 Å². The van der Waals surface area contributed by atoms with Crippen molar-refractivity contribution >= 4 is 63.1 Å². The van der Waals surface area contributed by atoms with Gasteiger partial charge in [-0.15, -0.1) is 0 Å². The van der Waals surface area contributed by atoms with Crippen molar-refractivity contribution in [3.05, 3.63) is 113 Å². The molecule has 4 aliphatic heterocycles. The van der Waals surface area contributed by atoms with Crippen LogP contribution in [0.15, 0.2) is 78.9 Å². The number of carbonyl (C=O) groups excluding carboxylic acids is 3. The number of aromatic amines is 2. The number of ether oxygens (including phenoxy) is 1. The van der Waals surface area contributed by atoms with Gasteiger partial charge in [-0.05, 0) is 110 Å². The maximum absolute atomic E-state index is 16.8. The first kappa shape index (κ1) is 50.1. The molecular weight excluding hydrogens is 949 g/mol. The van der Waals surface area contributed by atoms with E-state index in [1.165, 1.54) is 19.2 Å². The molecule has 0 unspecified atom stereocenters. The summed E-state index contributed by atoms with van der Waals surface area (Å²) in [6.07, 6.45) is 2.26. The SMILES string of the molecule is COC(=O)N[C@H](C(=O)N1CCC[C@H]1c1nc2ccc([C@H]3CC[C@H](c4ccc5nc([C@@H]6CCCN6C(=O)[C@@H](NC(=O)O)C(C)C)[nH]c5c4)N3c3cc(F)c(N4CCN(c5ccccc5)CC4)c(F)c3)cc2[nH]1)C(C)C. The number of nitrogens with zero attached hydrogens (tertiary/aromatic N) is 7. The molecule has 74 heavy (non-hydrogen) atoms. The Labute approximate surface area is 428 Å². The van der Waals surface area contributed by atoms with Crippen LogP contribution in [0.2, 0.25) is 0 Å². The number of nitrogens with one attached hydrogen (secondary N) is 4. The lowest BCUT2D eigenvalue weighted by Gasteiger charge is -2.38. The number of carbonyl (C=O) groups is 4. The predicted molar refractivity (Wildman–Crippen MR) is 278 cm³/mol. The number of hydrogen-bond donors (Lipinski definition) is 5. The highest BCUT2D eigenvalue weighted by Crippen LogP contribution is 2.49. The molecule has 2 aromatic heterocycles. The average Bonchev–Trinajstić information content (AvgIpc) is 4.26. The molecule has 0 spiro atoms. The number of benzene rings is 4. The normalized spacial score (nSPS) is 21.1. The number of aromatic nitrogens is 4. The quantitative estimate of drug-likeness (QED) is 0.0741. The summed E-state index contributed by atoms with van der Waals surface area (Å²) in [7, 11) is 1.27. The van der Waals surface area contributed by atoms with Crippen molar-refractivity contribution in [3.63, 3.8) is 0 Å². The third-order valence-corrected chi connectivity index (χ3v) is 15.5. The lowest BCUT2D eigenvalue weighted by molar-refractivity contribution is -0.136. The standard InChI is InChI=1S/C55H65F2N11O6/c1-31(2)47(62-54(71)72)52(69)66-21-9-13-45(66)50-58-39-17-15-33(27-41(39)60-50)43-19-20-44(68(43)36-29-37(56)49(38(57)30-36)65-25-23-64(24-26-65)35-11-7-6-8-12-35)34-16-18-40-42(28-34)61-51(59-40)46-14-10-22-67(46)53(70)48(32(3)4)63-55(73)74-5/h6-8,11-12,15-18,27-32,43-48,62H,9-10,13-14,19-26H2,1-5H3,(H,58,60)(H,59,61)(H,63,73)(H,71,72)/t43-,44-,45+,46+,47+,48+/m1/s1. The number of amides is 4. The lowest BCUT2D eigenvalue weighted by Crippen LogP contribution is -2.51. The average molecular weight is 1010 g/mol. The second kappa shape index (κ2) is 20.8. The van der Waals surface area contributed by atoms with Gasteiger partial charge in [0, 0.05) is 50.6 Å². The molecular formula is C55H65F2N11O6. The highest BCUT2D eigenvalue weighted by atomic mass is 19.1. The van der Waals surface area contributed by atoms with Crippen molar-refractivity contribution in [3.8, 4) is 0 Å². The third-order valence-electron chi connectivity index (χ3n) is 15.5. The van der Waals surface area contributed by atoms with Crippen LogP contribution in [0.3, 0.4) is 0 Å². The van der Waals surface area contributed by atoms with E-state index in [1.807, 2.05) is 94.4 Å². The number of H-pyrrole nitrogens is 2. The first-order valence-electron chi connectivity index (χ1n) is 25.9. The number of hydrogen-bond acceptors (Lipinski definition) is 10. The maximum atomic E-state index is 16.8. The largest absolute Gasteiger partial charge is 0.465 e. The Morgan fingerprint density at radius 1 is 0.622 bits per heavy atom. The molecule has 4 fully saturated rings. The number of carboxylic acid groups (broad SMARTS) is 1. The van der Waals surface area contributed by atoms with Gasteiger partial charge in [0.05, 0.1) is 53.3 Å². The van der Waals surface area contributed by atoms with Crippen molar-refractivity contribution < 1.29 is 37.8 Å². The zero-order valence-electron chi connectivity index (χ0n) is 42.5. The summed E-state index contributed by atoms with van der Waals surface area (Å²) in [5.74, 6) is -0.941. The number of methoxy groups -OCH3 is 1. The number of piperazine rings is 1. The molecule has 0 aliphatic carbocycles. The van der Waals surface area contributed by atoms with E-state index >= 15 is 8.78 Å². The molecule has 4 amide bonds. The van der Waals surface area contributed by atoms with Crippen molar-refractivity contribution in [1.82, 2.24) is 40.4 Å². The minimum Gasteiger partial charge on any atom is -0.465 e. The summed E-state index contributed by atoms with van der Waals surface area (Å²) in [5.41, 5.74) is 6.21. The van der Waals surface area contributed by atoms with Crippen LogP contribution < -0.4 is 25.3 Å². The van der Waals surface area contributed by atoms with Gasteiger partial charge in [-0.3, -0.25) is 9.59 Å². The van der Waals surface area contributed by atoms with Gasteiger partial charge in [-0.2, -0.15) is 0 Å². The monoisotopic (exact) mass is 1010 g/mol. The Morgan fingerprint density at radius 3 is 1.58 bits per heavy atom. The summed E-state index contributed by atoms with van der Waals surface area (Å²) in [5, 5.41) is 14.6. The molecule has 6 aromatic rings. The van der Waals surface area contributed by atoms with Crippen LogP contribution in [-0.4, -0.2) is 117 Å². The first-order chi connectivity index (χ1) is 35.7. The van der Waals surface area contributed by atoms with E-state index in [0.29, 0.717) is 93.3 Å². The molecule has 0 saturated carbocycles.